The van der Waals surface area contributed by atoms with E-state index in [0.29, 0.717) is 6.42 Å². The summed E-state index contributed by atoms with van der Waals surface area (Å²) >= 11 is 0. The first-order chi connectivity index (χ1) is 9.14. The third-order valence-electron chi connectivity index (χ3n) is 4.07. The third-order valence-corrected chi connectivity index (χ3v) is 4.07. The lowest BCUT2D eigenvalue weighted by molar-refractivity contribution is -0.123. The summed E-state index contributed by atoms with van der Waals surface area (Å²) in [6.45, 7) is 6.27. The number of aliphatic hydroxyl groups is 1. The molecular weight excluding hydrogens is 238 g/mol. The Morgan fingerprint density at radius 3 is 1.95 bits per heavy atom. The number of hydrogen-bond donors (Lipinski definition) is 2. The maximum atomic E-state index is 11.8. The molecule has 0 aromatic carbocycles. The Labute approximate surface area is 119 Å². The van der Waals surface area contributed by atoms with Crippen molar-refractivity contribution in [1.29, 1.82) is 0 Å². The molecule has 0 spiro atoms. The number of hydrogen-bond acceptors (Lipinski definition) is 2. The number of rotatable bonds is 12. The van der Waals surface area contributed by atoms with Gasteiger partial charge in [-0.25, -0.2) is 0 Å². The van der Waals surface area contributed by atoms with Gasteiger partial charge < -0.3 is 10.4 Å². The van der Waals surface area contributed by atoms with Gasteiger partial charge in [0, 0.05) is 6.42 Å². The van der Waals surface area contributed by atoms with Crippen LogP contribution < -0.4 is 5.32 Å². The molecule has 0 heterocycles. The van der Waals surface area contributed by atoms with Gasteiger partial charge in [-0.2, -0.15) is 0 Å². The van der Waals surface area contributed by atoms with Crippen molar-refractivity contribution in [3.05, 3.63) is 0 Å². The summed E-state index contributed by atoms with van der Waals surface area (Å²) in [5, 5.41) is 12.4. The molecule has 0 unspecified atom stereocenters. The molecule has 0 aromatic heterocycles. The molecule has 0 saturated carbocycles. The van der Waals surface area contributed by atoms with Gasteiger partial charge in [0.05, 0.1) is 12.1 Å². The van der Waals surface area contributed by atoms with E-state index < -0.39 is 5.54 Å². The number of carbonyl (C=O) groups is 1. The molecule has 0 bridgehead atoms. The van der Waals surface area contributed by atoms with E-state index in [-0.39, 0.29) is 12.5 Å². The van der Waals surface area contributed by atoms with Gasteiger partial charge in [-0.3, -0.25) is 4.79 Å². The number of aliphatic hydroxyl groups excluding tert-OH is 1. The topological polar surface area (TPSA) is 49.3 Å². The maximum absolute atomic E-state index is 11.8. The summed E-state index contributed by atoms with van der Waals surface area (Å²) in [5.74, 6) is 0.0892. The van der Waals surface area contributed by atoms with Crippen LogP contribution in [0.25, 0.3) is 0 Å². The van der Waals surface area contributed by atoms with Gasteiger partial charge in [-0.05, 0) is 19.3 Å². The maximum Gasteiger partial charge on any atom is 0.220 e. The quantitative estimate of drug-likeness (QED) is 0.530. The van der Waals surface area contributed by atoms with Crippen molar-refractivity contribution in [1.82, 2.24) is 5.32 Å². The molecule has 3 nitrogen and oxygen atoms in total. The molecule has 0 aliphatic heterocycles. The average molecular weight is 271 g/mol. The van der Waals surface area contributed by atoms with Crippen LogP contribution in [-0.2, 0) is 4.79 Å². The van der Waals surface area contributed by atoms with Crippen LogP contribution in [0.4, 0.5) is 0 Å². The van der Waals surface area contributed by atoms with Gasteiger partial charge in [0.15, 0.2) is 0 Å². The first kappa shape index (κ1) is 18.4. The molecule has 1 amide bonds. The summed E-state index contributed by atoms with van der Waals surface area (Å²) in [4.78, 5) is 11.8. The van der Waals surface area contributed by atoms with Crippen molar-refractivity contribution in [3.63, 3.8) is 0 Å². The van der Waals surface area contributed by atoms with E-state index in [2.05, 4.69) is 12.2 Å². The van der Waals surface area contributed by atoms with E-state index in [1.54, 1.807) is 0 Å². The molecular formula is C16H33NO2. The van der Waals surface area contributed by atoms with E-state index in [4.69, 9.17) is 0 Å². The van der Waals surface area contributed by atoms with Crippen LogP contribution in [0, 0.1) is 0 Å². The second-order valence-electron chi connectivity index (χ2n) is 5.57. The van der Waals surface area contributed by atoms with Gasteiger partial charge >= 0.3 is 0 Å². The highest BCUT2D eigenvalue weighted by Crippen LogP contribution is 2.15. The first-order valence-electron chi connectivity index (χ1n) is 8.06. The zero-order chi connectivity index (χ0) is 14.6. The van der Waals surface area contributed by atoms with E-state index in [1.807, 2.05) is 13.8 Å². The molecule has 19 heavy (non-hydrogen) atoms. The van der Waals surface area contributed by atoms with Gasteiger partial charge in [0.1, 0.15) is 0 Å². The van der Waals surface area contributed by atoms with E-state index in [0.717, 1.165) is 25.7 Å². The summed E-state index contributed by atoms with van der Waals surface area (Å²) < 4.78 is 0. The second kappa shape index (κ2) is 11.3. The lowest BCUT2D eigenvalue weighted by atomic mass is 9.93. The molecule has 0 radical (unpaired) electrons. The molecule has 0 aliphatic carbocycles. The Bertz CT molecular complexity index is 217. The lowest BCUT2D eigenvalue weighted by Gasteiger charge is -2.30. The highest BCUT2D eigenvalue weighted by Gasteiger charge is 2.26. The Balaban J connectivity index is 3.69. The molecule has 2 N–H and O–H groups in total. The van der Waals surface area contributed by atoms with Crippen molar-refractivity contribution in [2.24, 2.45) is 0 Å². The third kappa shape index (κ3) is 8.25. The Morgan fingerprint density at radius 2 is 1.47 bits per heavy atom. The molecule has 0 aromatic rings. The summed E-state index contributed by atoms with van der Waals surface area (Å²) in [6, 6.07) is 0. The highest BCUT2D eigenvalue weighted by molar-refractivity contribution is 5.76. The van der Waals surface area contributed by atoms with Crippen LogP contribution in [0.2, 0.25) is 0 Å². The smallest absolute Gasteiger partial charge is 0.220 e. The second-order valence-corrected chi connectivity index (χ2v) is 5.57. The van der Waals surface area contributed by atoms with Crippen LogP contribution >= 0.6 is 0 Å². The van der Waals surface area contributed by atoms with Crippen LogP contribution in [0.3, 0.4) is 0 Å². The zero-order valence-electron chi connectivity index (χ0n) is 13.1. The van der Waals surface area contributed by atoms with Crippen molar-refractivity contribution in [3.8, 4) is 0 Å². The van der Waals surface area contributed by atoms with Gasteiger partial charge in [-0.15, -0.1) is 0 Å². The monoisotopic (exact) mass is 271 g/mol. The van der Waals surface area contributed by atoms with Gasteiger partial charge in [-0.1, -0.05) is 59.3 Å². The summed E-state index contributed by atoms with van der Waals surface area (Å²) in [7, 11) is 0. The Hall–Kier alpha value is -0.570. The predicted molar refractivity (Wildman–Crippen MR) is 81.2 cm³/mol. The van der Waals surface area contributed by atoms with E-state index in [9.17, 15) is 9.90 Å². The minimum Gasteiger partial charge on any atom is -0.394 e. The van der Waals surface area contributed by atoms with Crippen molar-refractivity contribution in [2.45, 2.75) is 90.5 Å². The lowest BCUT2D eigenvalue weighted by Crippen LogP contribution is -2.50. The number of unbranched alkanes of at least 4 members (excludes halogenated alkanes) is 6. The van der Waals surface area contributed by atoms with Crippen molar-refractivity contribution < 1.29 is 9.90 Å². The largest absolute Gasteiger partial charge is 0.394 e. The predicted octanol–water partition coefficient (Wildman–Crippen LogP) is 3.79. The normalized spacial score (nSPS) is 11.6. The fourth-order valence-corrected chi connectivity index (χ4v) is 2.29. The molecule has 0 atom stereocenters. The number of carbonyl (C=O) groups excluding carboxylic acids is 1. The minimum absolute atomic E-state index is 0.0305. The minimum atomic E-state index is -0.405. The number of nitrogens with one attached hydrogen (secondary N) is 1. The van der Waals surface area contributed by atoms with Crippen LogP contribution in [0.15, 0.2) is 0 Å². The van der Waals surface area contributed by atoms with E-state index >= 15 is 0 Å². The number of amides is 1. The highest BCUT2D eigenvalue weighted by atomic mass is 16.3. The van der Waals surface area contributed by atoms with Crippen molar-refractivity contribution in [2.75, 3.05) is 6.61 Å². The molecule has 0 rings (SSSR count). The zero-order valence-corrected chi connectivity index (χ0v) is 13.1. The van der Waals surface area contributed by atoms with Crippen molar-refractivity contribution >= 4 is 5.91 Å². The van der Waals surface area contributed by atoms with Crippen LogP contribution in [-0.4, -0.2) is 23.2 Å². The Morgan fingerprint density at radius 1 is 0.947 bits per heavy atom. The molecule has 3 heteroatoms. The average Bonchev–Trinajstić information content (AvgIpc) is 2.44. The molecule has 0 aliphatic rings. The van der Waals surface area contributed by atoms with E-state index in [1.165, 1.54) is 32.1 Å². The SMILES string of the molecule is CCCCCCCCCC(=O)NC(CC)(CC)CO. The Kier molecular flexibility index (Phi) is 10.9. The fourth-order valence-electron chi connectivity index (χ4n) is 2.29. The van der Waals surface area contributed by atoms with Crippen LogP contribution in [0.1, 0.15) is 85.0 Å². The summed E-state index contributed by atoms with van der Waals surface area (Å²) in [6.07, 6.45) is 10.7. The van der Waals surface area contributed by atoms with Crippen LogP contribution in [0.5, 0.6) is 0 Å². The standard InChI is InChI=1S/C16H33NO2/c1-4-7-8-9-10-11-12-13-15(19)17-16(5-2,6-3)14-18/h18H,4-14H2,1-3H3,(H,17,19). The molecule has 0 saturated heterocycles. The fraction of sp³-hybridized carbons (Fsp3) is 0.938. The molecule has 0 fully saturated rings. The van der Waals surface area contributed by atoms with Gasteiger partial charge in [0.25, 0.3) is 0 Å². The summed E-state index contributed by atoms with van der Waals surface area (Å²) in [5.41, 5.74) is -0.405. The first-order valence-corrected chi connectivity index (χ1v) is 8.06. The van der Waals surface area contributed by atoms with Gasteiger partial charge in [0.2, 0.25) is 5.91 Å². The molecule has 114 valence electrons.